The number of benzene rings is 2. The highest BCUT2D eigenvalue weighted by Crippen LogP contribution is 2.34. The third-order valence-corrected chi connectivity index (χ3v) is 9.12. The molecule has 1 amide bonds. The lowest BCUT2D eigenvalue weighted by molar-refractivity contribution is -0.116. The molecular weight excluding hydrogens is 484 g/mol. The molecule has 2 aliphatic rings. The summed E-state index contributed by atoms with van der Waals surface area (Å²) >= 11 is 0. The Hall–Kier alpha value is -2.42. The van der Waals surface area contributed by atoms with E-state index in [0.29, 0.717) is 17.8 Å². The van der Waals surface area contributed by atoms with Crippen LogP contribution in [-0.2, 0) is 21.2 Å². The van der Waals surface area contributed by atoms with Crippen LogP contribution in [0.25, 0.3) is 0 Å². The molecule has 2 aromatic carbocycles. The van der Waals surface area contributed by atoms with Crippen molar-refractivity contribution in [2.75, 3.05) is 42.9 Å². The molecular formula is C29H42N4O3S. The Balaban J connectivity index is 1.59. The van der Waals surface area contributed by atoms with Crippen LogP contribution in [0.5, 0.6) is 0 Å². The fraction of sp³-hybridized carbons (Fsp3) is 0.552. The van der Waals surface area contributed by atoms with Gasteiger partial charge in [-0.1, -0.05) is 57.4 Å². The van der Waals surface area contributed by atoms with Crippen molar-refractivity contribution in [3.63, 3.8) is 0 Å². The van der Waals surface area contributed by atoms with Crippen molar-refractivity contribution in [2.45, 2.75) is 76.2 Å². The molecule has 1 aliphatic carbocycles. The number of unbranched alkanes of at least 4 members (excludes halogenated alkanes) is 3. The number of piperazine rings is 1. The summed E-state index contributed by atoms with van der Waals surface area (Å²) in [6, 6.07) is 13.2. The molecule has 8 heteroatoms. The molecule has 37 heavy (non-hydrogen) atoms. The van der Waals surface area contributed by atoms with E-state index in [4.69, 9.17) is 0 Å². The predicted octanol–water partition coefficient (Wildman–Crippen LogP) is 5.09. The van der Waals surface area contributed by atoms with Crippen molar-refractivity contribution in [3.05, 3.63) is 53.6 Å². The fourth-order valence-electron chi connectivity index (χ4n) is 5.44. The van der Waals surface area contributed by atoms with Gasteiger partial charge in [0.15, 0.2) is 0 Å². The normalized spacial score (nSPS) is 18.4. The summed E-state index contributed by atoms with van der Waals surface area (Å²) < 4.78 is 30.8. The Morgan fingerprint density at radius 1 is 1.00 bits per heavy atom. The van der Waals surface area contributed by atoms with E-state index in [0.717, 1.165) is 83.2 Å². The number of anilines is 2. The first-order chi connectivity index (χ1) is 17.9. The third-order valence-electron chi connectivity index (χ3n) is 7.62. The van der Waals surface area contributed by atoms with Crippen LogP contribution in [0.15, 0.2) is 47.4 Å². The number of rotatable bonds is 11. The van der Waals surface area contributed by atoms with E-state index in [1.165, 1.54) is 5.56 Å². The SMILES string of the molecule is CCCCCCC(=O)Nc1ccc(N2CCN(CC)CC2)c(S(=O)(=O)N[C@@H]2CCCc3ccccc32)c1. The van der Waals surface area contributed by atoms with Gasteiger partial charge in [-0.3, -0.25) is 4.79 Å². The standard InChI is InChI=1S/C29H42N4O3S/c1-3-5-6-7-15-29(34)30-24-16-17-27(33-20-18-32(4-2)19-21-33)28(22-24)37(35,36)31-26-14-10-12-23-11-8-9-13-25(23)26/h8-9,11,13,16-17,22,26,31H,3-7,10,12,14-15,18-21H2,1-2H3,(H,30,34)/t26-/m1/s1. The molecule has 202 valence electrons. The zero-order valence-electron chi connectivity index (χ0n) is 22.3. The van der Waals surface area contributed by atoms with Gasteiger partial charge in [0.1, 0.15) is 4.90 Å². The van der Waals surface area contributed by atoms with E-state index >= 15 is 0 Å². The van der Waals surface area contributed by atoms with Crippen LogP contribution in [0.3, 0.4) is 0 Å². The molecule has 2 aromatic rings. The number of sulfonamides is 1. The first kappa shape index (κ1) is 27.6. The zero-order valence-corrected chi connectivity index (χ0v) is 23.2. The quantitative estimate of drug-likeness (QED) is 0.399. The second kappa shape index (κ2) is 12.9. The van der Waals surface area contributed by atoms with Gasteiger partial charge < -0.3 is 15.1 Å². The van der Waals surface area contributed by atoms with Crippen molar-refractivity contribution in [2.24, 2.45) is 0 Å². The van der Waals surface area contributed by atoms with Crippen LogP contribution in [-0.4, -0.2) is 51.9 Å². The average Bonchev–Trinajstić information content (AvgIpc) is 2.91. The van der Waals surface area contributed by atoms with E-state index in [-0.39, 0.29) is 16.8 Å². The van der Waals surface area contributed by atoms with Crippen molar-refractivity contribution >= 4 is 27.3 Å². The van der Waals surface area contributed by atoms with E-state index in [1.807, 2.05) is 30.3 Å². The molecule has 1 fully saturated rings. The minimum absolute atomic E-state index is 0.0714. The number of carbonyl (C=O) groups is 1. The number of likely N-dealkylation sites (N-methyl/N-ethyl adjacent to an activating group) is 1. The van der Waals surface area contributed by atoms with Gasteiger partial charge in [0.05, 0.1) is 5.69 Å². The molecule has 1 atom stereocenters. The maximum absolute atomic E-state index is 13.9. The van der Waals surface area contributed by atoms with Gasteiger partial charge in [0.2, 0.25) is 15.9 Å². The van der Waals surface area contributed by atoms with Crippen LogP contribution in [0, 0.1) is 0 Å². The van der Waals surface area contributed by atoms with Crippen LogP contribution >= 0.6 is 0 Å². The van der Waals surface area contributed by atoms with Crippen molar-refractivity contribution in [3.8, 4) is 0 Å². The lowest BCUT2D eigenvalue weighted by Crippen LogP contribution is -2.46. The number of carbonyl (C=O) groups excluding carboxylic acids is 1. The molecule has 0 radical (unpaired) electrons. The Bertz CT molecular complexity index is 1160. The zero-order chi connectivity index (χ0) is 26.3. The van der Waals surface area contributed by atoms with Crippen molar-refractivity contribution in [1.29, 1.82) is 0 Å². The molecule has 1 heterocycles. The summed E-state index contributed by atoms with van der Waals surface area (Å²) in [5.74, 6) is -0.0714. The number of nitrogens with one attached hydrogen (secondary N) is 2. The highest BCUT2D eigenvalue weighted by Gasteiger charge is 2.30. The number of nitrogens with zero attached hydrogens (tertiary/aromatic N) is 2. The summed E-state index contributed by atoms with van der Waals surface area (Å²) in [6.07, 6.45) is 7.24. The smallest absolute Gasteiger partial charge is 0.243 e. The minimum Gasteiger partial charge on any atom is -0.368 e. The summed E-state index contributed by atoms with van der Waals surface area (Å²) in [5.41, 5.74) is 3.50. The number of hydrogen-bond donors (Lipinski definition) is 2. The molecule has 1 aliphatic heterocycles. The average molecular weight is 527 g/mol. The molecule has 0 aromatic heterocycles. The molecule has 0 spiro atoms. The summed E-state index contributed by atoms with van der Waals surface area (Å²) in [7, 11) is -3.84. The number of fused-ring (bicyclic) bond motifs is 1. The second-order valence-electron chi connectivity index (χ2n) is 10.2. The topological polar surface area (TPSA) is 81.8 Å². The first-order valence-electron chi connectivity index (χ1n) is 13.9. The maximum atomic E-state index is 13.9. The second-order valence-corrected chi connectivity index (χ2v) is 11.9. The van der Waals surface area contributed by atoms with E-state index < -0.39 is 10.0 Å². The molecule has 0 saturated carbocycles. The van der Waals surface area contributed by atoms with Crippen LogP contribution in [0.2, 0.25) is 0 Å². The fourth-order valence-corrected chi connectivity index (χ4v) is 6.94. The summed E-state index contributed by atoms with van der Waals surface area (Å²) in [5, 5.41) is 2.94. The van der Waals surface area contributed by atoms with E-state index in [2.05, 4.69) is 39.8 Å². The van der Waals surface area contributed by atoms with Gasteiger partial charge in [-0.15, -0.1) is 0 Å². The van der Waals surface area contributed by atoms with Gasteiger partial charge in [-0.05, 0) is 61.6 Å². The third kappa shape index (κ3) is 7.12. The number of hydrogen-bond acceptors (Lipinski definition) is 5. The molecule has 0 bridgehead atoms. The van der Waals surface area contributed by atoms with E-state index in [1.54, 1.807) is 6.07 Å². The Kier molecular flexibility index (Phi) is 9.62. The Morgan fingerprint density at radius 3 is 2.54 bits per heavy atom. The minimum atomic E-state index is -3.84. The van der Waals surface area contributed by atoms with Gasteiger partial charge >= 0.3 is 0 Å². The summed E-state index contributed by atoms with van der Waals surface area (Å²) in [4.78, 5) is 17.3. The Labute approximate surface area is 222 Å². The number of amides is 1. The molecule has 2 N–H and O–H groups in total. The van der Waals surface area contributed by atoms with Crippen molar-refractivity contribution in [1.82, 2.24) is 9.62 Å². The van der Waals surface area contributed by atoms with Crippen molar-refractivity contribution < 1.29 is 13.2 Å². The lowest BCUT2D eigenvalue weighted by atomic mass is 9.88. The maximum Gasteiger partial charge on any atom is 0.243 e. The first-order valence-corrected chi connectivity index (χ1v) is 15.4. The van der Waals surface area contributed by atoms with Crippen LogP contribution < -0.4 is 14.9 Å². The monoisotopic (exact) mass is 526 g/mol. The highest BCUT2D eigenvalue weighted by molar-refractivity contribution is 7.89. The molecule has 7 nitrogen and oxygen atoms in total. The molecule has 0 unspecified atom stereocenters. The van der Waals surface area contributed by atoms with Gasteiger partial charge in [-0.25, -0.2) is 13.1 Å². The van der Waals surface area contributed by atoms with Gasteiger partial charge in [0.25, 0.3) is 0 Å². The van der Waals surface area contributed by atoms with Crippen LogP contribution in [0.4, 0.5) is 11.4 Å². The number of aryl methyl sites for hydroxylation is 1. The molecule has 4 rings (SSSR count). The predicted molar refractivity (Wildman–Crippen MR) is 151 cm³/mol. The lowest BCUT2D eigenvalue weighted by Gasteiger charge is -2.36. The summed E-state index contributed by atoms with van der Waals surface area (Å²) in [6.45, 7) is 8.62. The Morgan fingerprint density at radius 2 is 1.78 bits per heavy atom. The van der Waals surface area contributed by atoms with Crippen LogP contribution in [0.1, 0.15) is 76.0 Å². The highest BCUT2D eigenvalue weighted by atomic mass is 32.2. The van der Waals surface area contributed by atoms with E-state index in [9.17, 15) is 13.2 Å². The van der Waals surface area contributed by atoms with Gasteiger partial charge in [0, 0.05) is 44.3 Å². The molecule has 1 saturated heterocycles. The largest absolute Gasteiger partial charge is 0.368 e. The van der Waals surface area contributed by atoms with Gasteiger partial charge in [-0.2, -0.15) is 0 Å².